The van der Waals surface area contributed by atoms with Gasteiger partial charge in [-0.2, -0.15) is 0 Å². The Hall–Kier alpha value is -1.71. The van der Waals surface area contributed by atoms with Crippen molar-refractivity contribution in [2.24, 2.45) is 34.3 Å². The van der Waals surface area contributed by atoms with Crippen molar-refractivity contribution in [2.45, 2.75) is 39.5 Å². The minimum atomic E-state index is -0.547. The molecule has 5 atom stereocenters. The molecule has 0 spiro atoms. The Bertz CT molecular complexity index is 719. The van der Waals surface area contributed by atoms with Crippen LogP contribution in [0, 0.1) is 28.6 Å². The number of ketones is 2. The fourth-order valence-corrected chi connectivity index (χ4v) is 5.68. The molecular weight excluding hydrogens is 293 g/mol. The van der Waals surface area contributed by atoms with Crippen molar-refractivity contribution in [1.29, 1.82) is 0 Å². The summed E-state index contributed by atoms with van der Waals surface area (Å²) in [6, 6.07) is 0. The summed E-state index contributed by atoms with van der Waals surface area (Å²) in [7, 11) is 0. The van der Waals surface area contributed by atoms with Gasteiger partial charge >= 0.3 is 0 Å². The molecule has 2 saturated carbocycles. The van der Waals surface area contributed by atoms with E-state index in [0.29, 0.717) is 17.8 Å². The lowest BCUT2D eigenvalue weighted by atomic mass is 9.50. The molecule has 4 aliphatic rings. The molecule has 4 aliphatic carbocycles. The third kappa shape index (κ3) is 1.69. The zero-order valence-electron chi connectivity index (χ0n) is 13.6. The topological polar surface area (TPSA) is 60.2 Å². The molecule has 0 heterocycles. The SMILES string of the molecule is C[C@]12C=CC(=O)C(N)=C1C(F)=C[C@@H]1[C@@H]2CC[C@]2(C)C(=O)CC[C@@H]12. The maximum atomic E-state index is 14.9. The molecular formula is C19H22FNO2. The highest BCUT2D eigenvalue weighted by Crippen LogP contribution is 2.63. The van der Waals surface area contributed by atoms with Gasteiger partial charge in [-0.1, -0.05) is 19.9 Å². The van der Waals surface area contributed by atoms with Gasteiger partial charge < -0.3 is 5.73 Å². The van der Waals surface area contributed by atoms with Crippen LogP contribution in [0.25, 0.3) is 0 Å². The van der Waals surface area contributed by atoms with Gasteiger partial charge in [-0.25, -0.2) is 4.39 Å². The van der Waals surface area contributed by atoms with E-state index in [1.165, 1.54) is 6.08 Å². The summed E-state index contributed by atoms with van der Waals surface area (Å²) in [4.78, 5) is 24.2. The van der Waals surface area contributed by atoms with E-state index in [-0.39, 0.29) is 40.5 Å². The molecule has 122 valence electrons. The predicted molar refractivity (Wildman–Crippen MR) is 84.7 cm³/mol. The summed E-state index contributed by atoms with van der Waals surface area (Å²) in [5, 5.41) is 0. The van der Waals surface area contributed by atoms with Gasteiger partial charge in [0.05, 0.1) is 5.70 Å². The molecule has 0 aromatic heterocycles. The van der Waals surface area contributed by atoms with Crippen LogP contribution in [0.4, 0.5) is 4.39 Å². The number of hydrogen-bond acceptors (Lipinski definition) is 3. The maximum absolute atomic E-state index is 14.9. The second-order valence-corrected chi connectivity index (χ2v) is 7.99. The van der Waals surface area contributed by atoms with Gasteiger partial charge in [0.15, 0.2) is 0 Å². The normalized spacial score (nSPS) is 45.5. The lowest BCUT2D eigenvalue weighted by molar-refractivity contribution is -0.130. The molecule has 23 heavy (non-hydrogen) atoms. The maximum Gasteiger partial charge on any atom is 0.201 e. The van der Waals surface area contributed by atoms with Gasteiger partial charge in [0.1, 0.15) is 11.6 Å². The number of carbonyl (C=O) groups excluding carboxylic acids is 2. The number of hydrogen-bond donors (Lipinski definition) is 1. The minimum absolute atomic E-state index is 0.0398. The second kappa shape index (κ2) is 4.43. The van der Waals surface area contributed by atoms with E-state index in [4.69, 9.17) is 5.73 Å². The molecule has 2 fully saturated rings. The van der Waals surface area contributed by atoms with Crippen LogP contribution in [0.3, 0.4) is 0 Å². The van der Waals surface area contributed by atoms with Crippen LogP contribution in [-0.2, 0) is 9.59 Å². The van der Waals surface area contributed by atoms with Crippen LogP contribution in [0.5, 0.6) is 0 Å². The fourth-order valence-electron chi connectivity index (χ4n) is 5.68. The second-order valence-electron chi connectivity index (χ2n) is 7.99. The van der Waals surface area contributed by atoms with E-state index in [1.807, 2.05) is 13.0 Å². The van der Waals surface area contributed by atoms with Crippen LogP contribution >= 0.6 is 0 Å². The summed E-state index contributed by atoms with van der Waals surface area (Å²) in [6.45, 7) is 4.04. The van der Waals surface area contributed by atoms with Crippen molar-refractivity contribution < 1.29 is 14.0 Å². The van der Waals surface area contributed by atoms with Crippen LogP contribution in [0.2, 0.25) is 0 Å². The van der Waals surface area contributed by atoms with Crippen LogP contribution < -0.4 is 5.73 Å². The average molecular weight is 315 g/mol. The van der Waals surface area contributed by atoms with Gasteiger partial charge in [0.25, 0.3) is 0 Å². The number of carbonyl (C=O) groups is 2. The van der Waals surface area contributed by atoms with Crippen LogP contribution in [0.15, 0.2) is 35.3 Å². The molecule has 4 rings (SSSR count). The van der Waals surface area contributed by atoms with Gasteiger partial charge in [0.2, 0.25) is 5.78 Å². The van der Waals surface area contributed by atoms with Crippen molar-refractivity contribution in [3.8, 4) is 0 Å². The number of Topliss-reactive ketones (excluding diaryl/α,β-unsaturated/α-hetero) is 1. The molecule has 0 amide bonds. The van der Waals surface area contributed by atoms with Crippen LogP contribution in [0.1, 0.15) is 39.5 Å². The highest BCUT2D eigenvalue weighted by Gasteiger charge is 2.59. The predicted octanol–water partition coefficient (Wildman–Crippen LogP) is 3.22. The standard InChI is InChI=1S/C19H22FNO2/c1-18-7-5-12-10(11(18)3-4-15(18)23)9-13(20)16-17(21)14(22)6-8-19(12,16)2/h6,8-12H,3-5,7,21H2,1-2H3/t10-,11-,12-,18-,19+/m0/s1. The van der Waals surface area contributed by atoms with E-state index >= 15 is 0 Å². The zero-order valence-corrected chi connectivity index (χ0v) is 13.6. The molecule has 0 bridgehead atoms. The highest BCUT2D eigenvalue weighted by atomic mass is 19.1. The van der Waals surface area contributed by atoms with E-state index in [2.05, 4.69) is 6.92 Å². The van der Waals surface area contributed by atoms with Gasteiger partial charge in [0, 0.05) is 22.8 Å². The Morgan fingerprint density at radius 1 is 1.22 bits per heavy atom. The molecule has 0 aromatic rings. The Balaban J connectivity index is 1.87. The number of allylic oxidation sites excluding steroid dienone is 5. The molecule has 0 aliphatic heterocycles. The summed E-state index contributed by atoms with van der Waals surface area (Å²) in [5.74, 6) is 0.0902. The number of nitrogens with two attached hydrogens (primary N) is 1. The van der Waals surface area contributed by atoms with E-state index < -0.39 is 5.41 Å². The molecule has 4 heteroatoms. The number of fused-ring (bicyclic) bond motifs is 5. The van der Waals surface area contributed by atoms with Crippen molar-refractivity contribution in [1.82, 2.24) is 0 Å². The third-order valence-electron chi connectivity index (χ3n) is 7.04. The summed E-state index contributed by atoms with van der Waals surface area (Å²) in [5.41, 5.74) is 5.47. The molecule has 0 aromatic carbocycles. The summed E-state index contributed by atoms with van der Waals surface area (Å²) >= 11 is 0. The smallest absolute Gasteiger partial charge is 0.201 e. The minimum Gasteiger partial charge on any atom is -0.395 e. The molecule has 2 N–H and O–H groups in total. The largest absolute Gasteiger partial charge is 0.395 e. The lowest BCUT2D eigenvalue weighted by Gasteiger charge is -2.53. The van der Waals surface area contributed by atoms with Crippen molar-refractivity contribution in [3.05, 3.63) is 35.3 Å². The van der Waals surface area contributed by atoms with Gasteiger partial charge in [-0.15, -0.1) is 0 Å². The summed E-state index contributed by atoms with van der Waals surface area (Å²) in [6.07, 6.45) is 8.13. The molecule has 0 unspecified atom stereocenters. The molecule has 0 radical (unpaired) electrons. The van der Waals surface area contributed by atoms with Crippen molar-refractivity contribution >= 4 is 11.6 Å². The van der Waals surface area contributed by atoms with Crippen molar-refractivity contribution in [3.63, 3.8) is 0 Å². The Morgan fingerprint density at radius 2 is 1.96 bits per heavy atom. The Kier molecular flexibility index (Phi) is 2.86. The van der Waals surface area contributed by atoms with E-state index in [1.54, 1.807) is 6.08 Å². The lowest BCUT2D eigenvalue weighted by Crippen LogP contribution is -2.49. The number of rotatable bonds is 0. The van der Waals surface area contributed by atoms with Crippen molar-refractivity contribution in [2.75, 3.05) is 0 Å². The Labute approximate surface area is 135 Å². The van der Waals surface area contributed by atoms with Crippen LogP contribution in [-0.4, -0.2) is 11.6 Å². The highest BCUT2D eigenvalue weighted by molar-refractivity contribution is 6.05. The van der Waals surface area contributed by atoms with Gasteiger partial charge in [-0.05, 0) is 49.2 Å². The quantitative estimate of drug-likeness (QED) is 0.746. The monoisotopic (exact) mass is 315 g/mol. The van der Waals surface area contributed by atoms with E-state index in [9.17, 15) is 14.0 Å². The summed E-state index contributed by atoms with van der Waals surface area (Å²) < 4.78 is 14.9. The number of halogens is 1. The first kappa shape index (κ1) is 14.9. The Morgan fingerprint density at radius 3 is 2.70 bits per heavy atom. The molecule has 3 nitrogen and oxygen atoms in total. The first-order valence-corrected chi connectivity index (χ1v) is 8.44. The average Bonchev–Trinajstić information content (AvgIpc) is 2.79. The zero-order chi connectivity index (χ0) is 16.6. The van der Waals surface area contributed by atoms with E-state index in [0.717, 1.165) is 19.3 Å². The first-order chi connectivity index (χ1) is 10.8. The third-order valence-corrected chi connectivity index (χ3v) is 7.04. The fraction of sp³-hybridized carbons (Fsp3) is 0.579. The van der Waals surface area contributed by atoms with Gasteiger partial charge in [-0.3, -0.25) is 9.59 Å². The molecule has 0 saturated heterocycles. The first-order valence-electron chi connectivity index (χ1n) is 8.44.